The first kappa shape index (κ1) is 11.9. The molecule has 0 aromatic carbocycles. The van der Waals surface area contributed by atoms with E-state index in [0.717, 1.165) is 19.3 Å². The van der Waals surface area contributed by atoms with Crippen LogP contribution in [0.4, 0.5) is 0 Å². The van der Waals surface area contributed by atoms with Gasteiger partial charge in [0.2, 0.25) is 0 Å². The summed E-state index contributed by atoms with van der Waals surface area (Å²) in [5, 5.41) is 2.00. The minimum atomic E-state index is -4.12. The number of hydrogen-bond donors (Lipinski definition) is 1. The molecule has 0 spiro atoms. The predicted octanol–water partition coefficient (Wildman–Crippen LogP) is -3.12. The third-order valence-electron chi connectivity index (χ3n) is 3.00. The van der Waals surface area contributed by atoms with Gasteiger partial charge < -0.3 is 9.87 Å². The molecular weight excluding hydrogens is 201 g/mol. The third-order valence-corrected chi connectivity index (χ3v) is 4.14. The quantitative estimate of drug-likeness (QED) is 0.369. The zero-order chi connectivity index (χ0) is 8.77. The van der Waals surface area contributed by atoms with Gasteiger partial charge in [0.1, 0.15) is 15.5 Å². The Hall–Kier alpha value is 0.870. The van der Waals surface area contributed by atoms with Crippen molar-refractivity contribution in [2.75, 3.05) is 6.54 Å². The molecule has 13 heavy (non-hydrogen) atoms. The van der Waals surface area contributed by atoms with Crippen molar-refractivity contribution < 1.29 is 42.5 Å². The smallest absolute Gasteiger partial charge is 0.747 e. The summed E-state index contributed by atoms with van der Waals surface area (Å²) in [6.07, 6.45) is 3.04. The molecular formula is C7H12NNaO3S. The molecule has 3 unspecified atom stereocenters. The molecule has 0 radical (unpaired) electrons. The number of rotatable bonds is 1. The van der Waals surface area contributed by atoms with E-state index in [4.69, 9.17) is 0 Å². The largest absolute Gasteiger partial charge is 1.00 e. The van der Waals surface area contributed by atoms with Crippen molar-refractivity contribution >= 4 is 10.1 Å². The molecule has 2 rings (SSSR count). The molecule has 2 fully saturated rings. The molecule has 1 heterocycles. The molecule has 0 amide bonds. The second kappa shape index (κ2) is 4.16. The molecule has 0 aromatic heterocycles. The van der Waals surface area contributed by atoms with Gasteiger partial charge in [0.05, 0.1) is 0 Å². The van der Waals surface area contributed by atoms with Crippen molar-refractivity contribution in [3.8, 4) is 0 Å². The number of hydrogen-bond acceptors (Lipinski definition) is 4. The van der Waals surface area contributed by atoms with Crippen LogP contribution in [0.1, 0.15) is 19.3 Å². The molecule has 70 valence electrons. The van der Waals surface area contributed by atoms with Crippen LogP contribution >= 0.6 is 0 Å². The summed E-state index contributed by atoms with van der Waals surface area (Å²) in [4.78, 5) is 0. The molecule has 6 heteroatoms. The van der Waals surface area contributed by atoms with Gasteiger partial charge in [0.15, 0.2) is 0 Å². The molecule has 1 saturated heterocycles. The van der Waals surface area contributed by atoms with Crippen molar-refractivity contribution in [3.05, 3.63) is 0 Å². The van der Waals surface area contributed by atoms with Gasteiger partial charge in [0, 0.05) is 0 Å². The van der Waals surface area contributed by atoms with E-state index in [2.05, 4.69) is 5.32 Å². The Labute approximate surface area is 101 Å². The van der Waals surface area contributed by atoms with Gasteiger partial charge in [-0.15, -0.1) is 0 Å². The van der Waals surface area contributed by atoms with E-state index < -0.39 is 15.5 Å². The van der Waals surface area contributed by atoms with Crippen LogP contribution in [0, 0.1) is 11.8 Å². The first-order chi connectivity index (χ1) is 5.59. The maximum Gasteiger partial charge on any atom is 1.00 e. The zero-order valence-corrected chi connectivity index (χ0v) is 10.5. The Kier molecular flexibility index (Phi) is 3.82. The van der Waals surface area contributed by atoms with Gasteiger partial charge >= 0.3 is 29.6 Å². The van der Waals surface area contributed by atoms with Gasteiger partial charge in [0.25, 0.3) is 0 Å². The van der Waals surface area contributed by atoms with E-state index in [0.29, 0.717) is 12.5 Å². The summed E-state index contributed by atoms with van der Waals surface area (Å²) < 4.78 is 32.3. The van der Waals surface area contributed by atoms with E-state index in [1.165, 1.54) is 0 Å². The summed E-state index contributed by atoms with van der Waals surface area (Å²) in [7, 11) is -4.12. The van der Waals surface area contributed by atoms with Gasteiger partial charge in [-0.05, 0) is 31.2 Å². The minimum Gasteiger partial charge on any atom is -0.747 e. The second-order valence-electron chi connectivity index (χ2n) is 3.68. The van der Waals surface area contributed by atoms with Crippen LogP contribution in [-0.4, -0.2) is 24.9 Å². The molecule has 0 bridgehead atoms. The van der Waals surface area contributed by atoms with Crippen molar-refractivity contribution in [2.45, 2.75) is 24.6 Å². The number of fused-ring (bicyclic) bond motifs is 1. The SMILES string of the molecule is O=S(=O)([O-])C1NCC2CCCC21.[Na+]. The van der Waals surface area contributed by atoms with Crippen LogP contribution in [-0.2, 0) is 10.1 Å². The molecule has 0 aromatic rings. The fourth-order valence-corrected chi connectivity index (χ4v) is 3.54. The van der Waals surface area contributed by atoms with Crippen molar-refractivity contribution in [1.29, 1.82) is 0 Å². The second-order valence-corrected chi connectivity index (χ2v) is 5.17. The average Bonchev–Trinajstić information content (AvgIpc) is 2.37. The van der Waals surface area contributed by atoms with Crippen LogP contribution in [0.15, 0.2) is 0 Å². The fourth-order valence-electron chi connectivity index (χ4n) is 2.45. The molecule has 1 aliphatic heterocycles. The van der Waals surface area contributed by atoms with Crippen LogP contribution < -0.4 is 34.9 Å². The topological polar surface area (TPSA) is 69.2 Å². The molecule has 1 saturated carbocycles. The predicted molar refractivity (Wildman–Crippen MR) is 42.3 cm³/mol. The van der Waals surface area contributed by atoms with E-state index in [9.17, 15) is 13.0 Å². The normalized spacial score (nSPS) is 38.4. The minimum absolute atomic E-state index is 0. The fraction of sp³-hybridized carbons (Fsp3) is 1.00. The summed E-state index contributed by atoms with van der Waals surface area (Å²) in [6, 6.07) is 0. The molecule has 3 atom stereocenters. The Morgan fingerprint density at radius 1 is 1.31 bits per heavy atom. The van der Waals surface area contributed by atoms with Gasteiger partial charge in [-0.1, -0.05) is 6.42 Å². The van der Waals surface area contributed by atoms with Crippen LogP contribution in [0.2, 0.25) is 0 Å². The zero-order valence-electron chi connectivity index (χ0n) is 7.69. The molecule has 2 aliphatic rings. The third kappa shape index (κ3) is 2.27. The van der Waals surface area contributed by atoms with Crippen molar-refractivity contribution in [1.82, 2.24) is 5.32 Å². The Balaban J connectivity index is 0.000000845. The molecule has 4 nitrogen and oxygen atoms in total. The maximum atomic E-state index is 10.8. The molecule has 1 N–H and O–H groups in total. The van der Waals surface area contributed by atoms with E-state index in [1.54, 1.807) is 0 Å². The van der Waals surface area contributed by atoms with E-state index in [1.807, 2.05) is 0 Å². The van der Waals surface area contributed by atoms with Crippen LogP contribution in [0.25, 0.3) is 0 Å². The summed E-state index contributed by atoms with van der Waals surface area (Å²) >= 11 is 0. The van der Waals surface area contributed by atoms with Gasteiger partial charge in [-0.3, -0.25) is 0 Å². The first-order valence-corrected chi connectivity index (χ1v) is 5.74. The van der Waals surface area contributed by atoms with Crippen LogP contribution in [0.3, 0.4) is 0 Å². The monoisotopic (exact) mass is 213 g/mol. The van der Waals surface area contributed by atoms with Crippen molar-refractivity contribution in [2.24, 2.45) is 11.8 Å². The molecule has 1 aliphatic carbocycles. The Morgan fingerprint density at radius 2 is 2.00 bits per heavy atom. The van der Waals surface area contributed by atoms with Gasteiger partial charge in [-0.2, -0.15) is 0 Å². The summed E-state index contributed by atoms with van der Waals surface area (Å²) in [5.41, 5.74) is 0. The first-order valence-electron chi connectivity index (χ1n) is 4.27. The van der Waals surface area contributed by atoms with E-state index in [-0.39, 0.29) is 35.5 Å². The van der Waals surface area contributed by atoms with E-state index >= 15 is 0 Å². The Morgan fingerprint density at radius 3 is 2.62 bits per heavy atom. The maximum absolute atomic E-state index is 10.8. The summed E-state index contributed by atoms with van der Waals surface area (Å²) in [5.74, 6) is 0.520. The van der Waals surface area contributed by atoms with Gasteiger partial charge in [-0.25, -0.2) is 8.42 Å². The summed E-state index contributed by atoms with van der Waals surface area (Å²) in [6.45, 7) is 0.705. The van der Waals surface area contributed by atoms with Crippen LogP contribution in [0.5, 0.6) is 0 Å². The Bertz CT molecular complexity index is 279. The van der Waals surface area contributed by atoms with Crippen molar-refractivity contribution in [3.63, 3.8) is 0 Å². The standard InChI is InChI=1S/C7H13NO3S.Na/c9-12(10,11)7-6-3-1-2-5(6)4-8-7;/h5-8H,1-4H2,(H,9,10,11);/q;+1/p-1. The number of nitrogens with one attached hydrogen (secondary N) is 1. The average molecular weight is 213 g/mol.